The summed E-state index contributed by atoms with van der Waals surface area (Å²) < 4.78 is 5.30. The normalized spacial score (nSPS) is 17.9. The molecule has 0 saturated carbocycles. The maximum absolute atomic E-state index is 9.12. The molecule has 3 heterocycles. The Bertz CT molecular complexity index is 504. The highest BCUT2D eigenvalue weighted by atomic mass is 32.1. The second kappa shape index (κ2) is 5.81. The van der Waals surface area contributed by atoms with E-state index in [0.717, 1.165) is 31.5 Å². The van der Waals surface area contributed by atoms with Gasteiger partial charge in [-0.25, -0.2) is 0 Å². The van der Waals surface area contributed by atoms with Gasteiger partial charge in [-0.1, -0.05) is 5.16 Å². The molecule has 0 aliphatic carbocycles. The monoisotopic (exact) mass is 279 g/mol. The lowest BCUT2D eigenvalue weighted by Gasteiger charge is -2.29. The van der Waals surface area contributed by atoms with Gasteiger partial charge in [-0.15, -0.1) is 0 Å². The zero-order chi connectivity index (χ0) is 13.1. The third-order valence-corrected chi connectivity index (χ3v) is 4.25. The predicted octanol–water partition coefficient (Wildman–Crippen LogP) is 2.00. The van der Waals surface area contributed by atoms with Crippen molar-refractivity contribution in [2.24, 2.45) is 5.92 Å². The van der Waals surface area contributed by atoms with Crippen LogP contribution in [0.25, 0.3) is 11.4 Å². The molecule has 0 unspecified atom stereocenters. The third-order valence-electron chi connectivity index (χ3n) is 3.57. The summed E-state index contributed by atoms with van der Waals surface area (Å²) in [6, 6.07) is 1.99. The van der Waals surface area contributed by atoms with E-state index in [-0.39, 0.29) is 0 Å². The highest BCUT2D eigenvalue weighted by Gasteiger charge is 2.20. The molecule has 0 spiro atoms. The molecule has 5 nitrogen and oxygen atoms in total. The van der Waals surface area contributed by atoms with Gasteiger partial charge < -0.3 is 9.63 Å². The highest BCUT2D eigenvalue weighted by molar-refractivity contribution is 7.08. The predicted molar refractivity (Wildman–Crippen MR) is 72.7 cm³/mol. The Kier molecular flexibility index (Phi) is 3.91. The van der Waals surface area contributed by atoms with Crippen LogP contribution in [0.3, 0.4) is 0 Å². The Morgan fingerprint density at radius 2 is 2.26 bits per heavy atom. The SMILES string of the molecule is OCC1CCN(Cc2nc(-c3ccsc3)no2)CC1. The van der Waals surface area contributed by atoms with Gasteiger partial charge in [-0.2, -0.15) is 16.3 Å². The standard InChI is InChI=1S/C13H17N3O2S/c17-8-10-1-4-16(5-2-10)7-12-14-13(15-18-12)11-3-6-19-9-11/h3,6,9-10,17H,1-2,4-5,7-8H2. The summed E-state index contributed by atoms with van der Waals surface area (Å²) >= 11 is 1.63. The van der Waals surface area contributed by atoms with E-state index in [1.807, 2.05) is 16.8 Å². The molecule has 3 rings (SSSR count). The summed E-state index contributed by atoms with van der Waals surface area (Å²) in [7, 11) is 0. The molecule has 1 saturated heterocycles. The number of thiophene rings is 1. The molecule has 1 aliphatic rings. The van der Waals surface area contributed by atoms with E-state index in [1.165, 1.54) is 0 Å². The number of hydrogen-bond acceptors (Lipinski definition) is 6. The first-order chi connectivity index (χ1) is 9.35. The third kappa shape index (κ3) is 3.02. The van der Waals surface area contributed by atoms with Crippen LogP contribution in [0.5, 0.6) is 0 Å². The summed E-state index contributed by atoms with van der Waals surface area (Å²) in [6.07, 6.45) is 2.09. The molecule has 19 heavy (non-hydrogen) atoms. The Hall–Kier alpha value is -1.24. The Balaban J connectivity index is 1.59. The molecule has 0 atom stereocenters. The number of aromatic nitrogens is 2. The van der Waals surface area contributed by atoms with Crippen molar-refractivity contribution in [1.29, 1.82) is 0 Å². The summed E-state index contributed by atoms with van der Waals surface area (Å²) in [5, 5.41) is 17.1. The van der Waals surface area contributed by atoms with Gasteiger partial charge in [-0.05, 0) is 43.3 Å². The van der Waals surface area contributed by atoms with Gasteiger partial charge in [0.15, 0.2) is 0 Å². The number of nitrogens with zero attached hydrogens (tertiary/aromatic N) is 3. The zero-order valence-electron chi connectivity index (χ0n) is 10.7. The number of aliphatic hydroxyl groups is 1. The van der Waals surface area contributed by atoms with Crippen LogP contribution in [0.15, 0.2) is 21.3 Å². The topological polar surface area (TPSA) is 62.4 Å². The van der Waals surface area contributed by atoms with Gasteiger partial charge in [0.25, 0.3) is 0 Å². The van der Waals surface area contributed by atoms with Crippen LogP contribution < -0.4 is 0 Å². The lowest BCUT2D eigenvalue weighted by atomic mass is 9.98. The van der Waals surface area contributed by atoms with E-state index in [0.29, 0.717) is 30.8 Å². The van der Waals surface area contributed by atoms with Gasteiger partial charge in [-0.3, -0.25) is 4.90 Å². The fraction of sp³-hybridized carbons (Fsp3) is 0.538. The van der Waals surface area contributed by atoms with Gasteiger partial charge in [0.1, 0.15) is 0 Å². The van der Waals surface area contributed by atoms with Crippen molar-refractivity contribution in [2.45, 2.75) is 19.4 Å². The molecule has 0 amide bonds. The van der Waals surface area contributed by atoms with Gasteiger partial charge in [0.05, 0.1) is 6.54 Å². The molecular formula is C13H17N3O2S. The minimum absolute atomic E-state index is 0.302. The van der Waals surface area contributed by atoms with Gasteiger partial charge >= 0.3 is 0 Å². The van der Waals surface area contributed by atoms with Crippen LogP contribution in [0.2, 0.25) is 0 Å². The van der Waals surface area contributed by atoms with E-state index in [2.05, 4.69) is 15.0 Å². The molecule has 0 bridgehead atoms. The average Bonchev–Trinajstić information content (AvgIpc) is 3.10. The molecule has 1 fully saturated rings. The largest absolute Gasteiger partial charge is 0.396 e. The first kappa shape index (κ1) is 12.8. The number of aliphatic hydroxyl groups excluding tert-OH is 1. The summed E-state index contributed by atoms with van der Waals surface area (Å²) in [6.45, 7) is 2.98. The fourth-order valence-corrected chi connectivity index (χ4v) is 2.98. The molecule has 102 valence electrons. The van der Waals surface area contributed by atoms with E-state index in [1.54, 1.807) is 11.3 Å². The first-order valence-corrected chi connectivity index (χ1v) is 7.48. The lowest BCUT2D eigenvalue weighted by Crippen LogP contribution is -2.34. The minimum atomic E-state index is 0.302. The maximum Gasteiger partial charge on any atom is 0.241 e. The van der Waals surface area contributed by atoms with Crippen LogP contribution >= 0.6 is 11.3 Å². The molecule has 2 aromatic rings. The number of piperidine rings is 1. The smallest absolute Gasteiger partial charge is 0.241 e. The number of hydrogen-bond donors (Lipinski definition) is 1. The van der Waals surface area contributed by atoms with Crippen LogP contribution in [0.4, 0.5) is 0 Å². The Labute approximate surface area is 115 Å². The van der Waals surface area contributed by atoms with Crippen LogP contribution in [-0.4, -0.2) is 39.8 Å². The Morgan fingerprint density at radius 1 is 1.42 bits per heavy atom. The van der Waals surface area contributed by atoms with Crippen LogP contribution in [0.1, 0.15) is 18.7 Å². The second-order valence-electron chi connectivity index (χ2n) is 4.93. The molecule has 0 aromatic carbocycles. The van der Waals surface area contributed by atoms with Crippen molar-refractivity contribution in [3.05, 3.63) is 22.7 Å². The van der Waals surface area contributed by atoms with E-state index >= 15 is 0 Å². The average molecular weight is 279 g/mol. The molecule has 1 aliphatic heterocycles. The first-order valence-electron chi connectivity index (χ1n) is 6.53. The quantitative estimate of drug-likeness (QED) is 0.927. The van der Waals surface area contributed by atoms with Crippen molar-refractivity contribution >= 4 is 11.3 Å². The molecule has 2 aromatic heterocycles. The van der Waals surface area contributed by atoms with Crippen molar-refractivity contribution in [3.63, 3.8) is 0 Å². The van der Waals surface area contributed by atoms with E-state index in [4.69, 9.17) is 9.63 Å². The van der Waals surface area contributed by atoms with Crippen molar-refractivity contribution < 1.29 is 9.63 Å². The van der Waals surface area contributed by atoms with Gasteiger partial charge in [0.2, 0.25) is 11.7 Å². The van der Waals surface area contributed by atoms with E-state index < -0.39 is 0 Å². The molecular weight excluding hydrogens is 262 g/mol. The van der Waals surface area contributed by atoms with Gasteiger partial charge in [0, 0.05) is 17.6 Å². The molecule has 6 heteroatoms. The lowest BCUT2D eigenvalue weighted by molar-refractivity contribution is 0.119. The van der Waals surface area contributed by atoms with Crippen molar-refractivity contribution in [3.8, 4) is 11.4 Å². The summed E-state index contributed by atoms with van der Waals surface area (Å²) in [5.41, 5.74) is 1.01. The van der Waals surface area contributed by atoms with Crippen molar-refractivity contribution in [2.75, 3.05) is 19.7 Å². The minimum Gasteiger partial charge on any atom is -0.396 e. The number of rotatable bonds is 4. The highest BCUT2D eigenvalue weighted by Crippen LogP contribution is 2.21. The second-order valence-corrected chi connectivity index (χ2v) is 5.71. The van der Waals surface area contributed by atoms with Crippen LogP contribution in [-0.2, 0) is 6.54 Å². The Morgan fingerprint density at radius 3 is 2.95 bits per heavy atom. The zero-order valence-corrected chi connectivity index (χ0v) is 11.5. The van der Waals surface area contributed by atoms with Crippen LogP contribution in [0, 0.1) is 5.92 Å². The van der Waals surface area contributed by atoms with Crippen molar-refractivity contribution in [1.82, 2.24) is 15.0 Å². The fourth-order valence-electron chi connectivity index (χ4n) is 2.35. The maximum atomic E-state index is 9.12. The van der Waals surface area contributed by atoms with E-state index in [9.17, 15) is 0 Å². The molecule has 1 N–H and O–H groups in total. The molecule has 0 radical (unpaired) electrons. The number of likely N-dealkylation sites (tertiary alicyclic amines) is 1. The summed E-state index contributed by atoms with van der Waals surface area (Å²) in [4.78, 5) is 6.73. The summed E-state index contributed by atoms with van der Waals surface area (Å²) in [5.74, 6) is 1.80.